The van der Waals surface area contributed by atoms with Crippen LogP contribution in [0.3, 0.4) is 0 Å². The molecule has 0 amide bonds. The SMILES string of the molecule is COc1cc(/C=C(/C#N)C(=O)c2sccc2C)cc(OC)c1O. The summed E-state index contributed by atoms with van der Waals surface area (Å²) in [5.74, 6) is -0.0580. The zero-order chi connectivity index (χ0) is 17.0. The zero-order valence-electron chi connectivity index (χ0n) is 12.9. The van der Waals surface area contributed by atoms with Gasteiger partial charge in [-0.3, -0.25) is 4.79 Å². The van der Waals surface area contributed by atoms with Gasteiger partial charge in [0.05, 0.1) is 19.1 Å². The van der Waals surface area contributed by atoms with Crippen LogP contribution < -0.4 is 9.47 Å². The molecule has 0 aliphatic heterocycles. The number of phenols is 1. The number of allylic oxidation sites excluding steroid dienone is 1. The first-order chi connectivity index (χ1) is 11.0. The van der Waals surface area contributed by atoms with Crippen LogP contribution in [0.2, 0.25) is 0 Å². The van der Waals surface area contributed by atoms with Crippen molar-refractivity contribution in [2.45, 2.75) is 6.92 Å². The van der Waals surface area contributed by atoms with Gasteiger partial charge in [-0.1, -0.05) is 0 Å². The number of thiophene rings is 1. The van der Waals surface area contributed by atoms with Crippen molar-refractivity contribution in [1.82, 2.24) is 0 Å². The summed E-state index contributed by atoms with van der Waals surface area (Å²) < 4.78 is 10.1. The van der Waals surface area contributed by atoms with Gasteiger partial charge >= 0.3 is 0 Å². The van der Waals surface area contributed by atoms with Gasteiger partial charge in [-0.2, -0.15) is 5.26 Å². The first kappa shape index (κ1) is 16.6. The number of Topliss-reactive ketones (excluding diaryl/α,β-unsaturated/α-hetero) is 1. The fraction of sp³-hybridized carbons (Fsp3) is 0.176. The molecule has 0 bridgehead atoms. The monoisotopic (exact) mass is 329 g/mol. The third-order valence-electron chi connectivity index (χ3n) is 3.25. The van der Waals surface area contributed by atoms with Gasteiger partial charge in [-0.05, 0) is 47.7 Å². The van der Waals surface area contributed by atoms with E-state index in [9.17, 15) is 15.2 Å². The van der Waals surface area contributed by atoms with Crippen molar-refractivity contribution >= 4 is 23.2 Å². The van der Waals surface area contributed by atoms with Crippen LogP contribution in [0.25, 0.3) is 6.08 Å². The maximum Gasteiger partial charge on any atom is 0.213 e. The lowest BCUT2D eigenvalue weighted by Gasteiger charge is -2.09. The minimum Gasteiger partial charge on any atom is -0.502 e. The Bertz CT molecular complexity index is 789. The molecule has 1 N–H and O–H groups in total. The molecule has 2 rings (SSSR count). The molecule has 0 saturated carbocycles. The zero-order valence-corrected chi connectivity index (χ0v) is 13.7. The normalized spacial score (nSPS) is 11.0. The predicted molar refractivity (Wildman–Crippen MR) is 88.2 cm³/mol. The van der Waals surface area contributed by atoms with Crippen molar-refractivity contribution in [2.75, 3.05) is 14.2 Å². The molecule has 0 saturated heterocycles. The van der Waals surface area contributed by atoms with Crippen LogP contribution in [-0.4, -0.2) is 25.1 Å². The fourth-order valence-corrected chi connectivity index (χ4v) is 2.92. The summed E-state index contributed by atoms with van der Waals surface area (Å²) in [5.41, 5.74) is 1.36. The summed E-state index contributed by atoms with van der Waals surface area (Å²) in [6, 6.07) is 6.83. The van der Waals surface area contributed by atoms with E-state index in [4.69, 9.17) is 9.47 Å². The molecule has 1 aromatic heterocycles. The Kier molecular flexibility index (Phi) is 5.04. The van der Waals surface area contributed by atoms with E-state index in [1.54, 1.807) is 0 Å². The highest BCUT2D eigenvalue weighted by Crippen LogP contribution is 2.37. The number of aromatic hydroxyl groups is 1. The Morgan fingerprint density at radius 1 is 1.30 bits per heavy atom. The molecule has 1 aromatic carbocycles. The minimum absolute atomic E-state index is 0.00495. The van der Waals surface area contributed by atoms with E-state index in [1.165, 1.54) is 43.8 Å². The average Bonchev–Trinajstić information content (AvgIpc) is 2.99. The van der Waals surface area contributed by atoms with Crippen LogP contribution in [0.5, 0.6) is 17.2 Å². The van der Waals surface area contributed by atoms with Gasteiger partial charge in [-0.15, -0.1) is 11.3 Å². The Balaban J connectivity index is 2.49. The number of nitriles is 1. The summed E-state index contributed by atoms with van der Waals surface area (Å²) in [5, 5.41) is 21.0. The van der Waals surface area contributed by atoms with E-state index < -0.39 is 0 Å². The number of methoxy groups -OCH3 is 2. The standard InChI is InChI=1S/C17H15NO4S/c1-10-4-5-23-17(10)15(19)12(9-18)6-11-7-13(21-2)16(20)14(8-11)22-3/h4-8,20H,1-3H3/b12-6-. The number of rotatable bonds is 5. The number of aryl methyl sites for hydroxylation is 1. The van der Waals surface area contributed by atoms with Gasteiger partial charge in [0.2, 0.25) is 11.5 Å². The molecule has 0 fully saturated rings. The lowest BCUT2D eigenvalue weighted by molar-refractivity contribution is 0.104. The van der Waals surface area contributed by atoms with Crippen molar-refractivity contribution in [2.24, 2.45) is 0 Å². The minimum atomic E-state index is -0.328. The molecule has 2 aromatic rings. The summed E-state index contributed by atoms with van der Waals surface area (Å²) in [6.45, 7) is 1.82. The van der Waals surface area contributed by atoms with Gasteiger partial charge in [0, 0.05) is 0 Å². The largest absolute Gasteiger partial charge is 0.502 e. The summed E-state index contributed by atoms with van der Waals surface area (Å²) in [6.07, 6.45) is 1.45. The van der Waals surface area contributed by atoms with Crippen LogP contribution in [0.4, 0.5) is 0 Å². The molecule has 0 atom stereocenters. The summed E-state index contributed by atoms with van der Waals surface area (Å²) >= 11 is 1.30. The summed E-state index contributed by atoms with van der Waals surface area (Å²) in [7, 11) is 2.82. The van der Waals surface area contributed by atoms with Gasteiger partial charge in [-0.25, -0.2) is 0 Å². The molecule has 0 spiro atoms. The van der Waals surface area contributed by atoms with Crippen LogP contribution >= 0.6 is 11.3 Å². The Morgan fingerprint density at radius 3 is 2.35 bits per heavy atom. The van der Waals surface area contributed by atoms with Gasteiger partial charge in [0.1, 0.15) is 11.6 Å². The number of hydrogen-bond donors (Lipinski definition) is 1. The topological polar surface area (TPSA) is 79.5 Å². The number of hydrogen-bond acceptors (Lipinski definition) is 6. The van der Waals surface area contributed by atoms with E-state index in [0.29, 0.717) is 10.4 Å². The first-order valence-electron chi connectivity index (χ1n) is 6.67. The Labute approximate surface area is 138 Å². The molecular formula is C17H15NO4S. The third kappa shape index (κ3) is 3.35. The predicted octanol–water partition coefficient (Wildman–Crippen LogP) is 3.57. The van der Waals surface area contributed by atoms with Crippen molar-refractivity contribution in [3.05, 3.63) is 45.2 Å². The Morgan fingerprint density at radius 2 is 1.91 bits per heavy atom. The highest BCUT2D eigenvalue weighted by Gasteiger charge is 2.17. The molecule has 0 aliphatic rings. The molecule has 0 unspecified atom stereocenters. The van der Waals surface area contributed by atoms with Crippen molar-refractivity contribution in [3.8, 4) is 23.3 Å². The second kappa shape index (κ2) is 6.99. The van der Waals surface area contributed by atoms with Gasteiger partial charge in [0.25, 0.3) is 0 Å². The van der Waals surface area contributed by atoms with Gasteiger partial charge in [0.15, 0.2) is 11.5 Å². The molecule has 5 nitrogen and oxygen atoms in total. The number of ketones is 1. The maximum atomic E-state index is 12.4. The number of benzene rings is 1. The quantitative estimate of drug-likeness (QED) is 0.515. The molecule has 0 aliphatic carbocycles. The van der Waals surface area contributed by atoms with Gasteiger partial charge < -0.3 is 14.6 Å². The van der Waals surface area contributed by atoms with Crippen LogP contribution in [0.1, 0.15) is 20.8 Å². The second-order valence-corrected chi connectivity index (χ2v) is 5.62. The fourth-order valence-electron chi connectivity index (χ4n) is 2.04. The van der Waals surface area contributed by atoms with E-state index >= 15 is 0 Å². The van der Waals surface area contributed by atoms with Crippen LogP contribution in [-0.2, 0) is 0 Å². The van der Waals surface area contributed by atoms with Crippen molar-refractivity contribution < 1.29 is 19.4 Å². The smallest absolute Gasteiger partial charge is 0.213 e. The lowest BCUT2D eigenvalue weighted by Crippen LogP contribution is -2.01. The number of ether oxygens (including phenoxy) is 2. The number of nitrogens with zero attached hydrogens (tertiary/aromatic N) is 1. The van der Waals surface area contributed by atoms with E-state index in [2.05, 4.69) is 0 Å². The highest BCUT2D eigenvalue weighted by atomic mass is 32.1. The van der Waals surface area contributed by atoms with Crippen molar-refractivity contribution in [3.63, 3.8) is 0 Å². The second-order valence-electron chi connectivity index (χ2n) is 4.71. The van der Waals surface area contributed by atoms with Crippen LogP contribution in [0.15, 0.2) is 29.2 Å². The number of carbonyl (C=O) groups is 1. The molecule has 23 heavy (non-hydrogen) atoms. The molecule has 6 heteroatoms. The van der Waals surface area contributed by atoms with E-state index in [0.717, 1.165) is 5.56 Å². The molecule has 1 heterocycles. The van der Waals surface area contributed by atoms with Crippen molar-refractivity contribution in [1.29, 1.82) is 5.26 Å². The lowest BCUT2D eigenvalue weighted by atomic mass is 10.0. The maximum absolute atomic E-state index is 12.4. The molecule has 0 radical (unpaired) electrons. The number of phenolic OH excluding ortho intramolecular Hbond substituents is 1. The Hall–Kier alpha value is -2.78. The highest BCUT2D eigenvalue weighted by molar-refractivity contribution is 7.12. The molecular weight excluding hydrogens is 314 g/mol. The van der Waals surface area contributed by atoms with E-state index in [-0.39, 0.29) is 28.6 Å². The average molecular weight is 329 g/mol. The first-order valence-corrected chi connectivity index (χ1v) is 7.55. The molecule has 118 valence electrons. The van der Waals surface area contributed by atoms with E-state index in [1.807, 2.05) is 24.4 Å². The summed E-state index contributed by atoms with van der Waals surface area (Å²) in [4.78, 5) is 13.0. The third-order valence-corrected chi connectivity index (χ3v) is 4.26. The number of carbonyl (C=O) groups excluding carboxylic acids is 1. The van der Waals surface area contributed by atoms with Crippen LogP contribution in [0, 0.1) is 18.3 Å².